The zero-order valence-corrected chi connectivity index (χ0v) is 11.7. The van der Waals surface area contributed by atoms with Crippen LogP contribution in [0.2, 0.25) is 5.02 Å². The standard InChI is InChI=1S/C16H13ClN2O/c1-20-16-7-6-12(17)8-15(16)19-10-11-9-18-14-5-3-2-4-13(11)14/h2-10,18H,1H3. The first kappa shape index (κ1) is 12.8. The van der Waals surface area contributed by atoms with Crippen molar-refractivity contribution in [3.05, 3.63) is 59.2 Å². The third-order valence-corrected chi connectivity index (χ3v) is 3.34. The van der Waals surface area contributed by atoms with Crippen molar-refractivity contribution in [2.45, 2.75) is 0 Å². The maximum Gasteiger partial charge on any atom is 0.144 e. The quantitative estimate of drug-likeness (QED) is 0.702. The second-order valence-corrected chi connectivity index (χ2v) is 4.80. The molecule has 1 N–H and O–H groups in total. The fourth-order valence-corrected chi connectivity index (χ4v) is 2.27. The van der Waals surface area contributed by atoms with Crippen LogP contribution in [0.25, 0.3) is 10.9 Å². The van der Waals surface area contributed by atoms with E-state index in [4.69, 9.17) is 16.3 Å². The Bertz CT molecular complexity index is 777. The molecule has 0 atom stereocenters. The number of nitrogens with zero attached hydrogens (tertiary/aromatic N) is 1. The maximum absolute atomic E-state index is 5.99. The van der Waals surface area contributed by atoms with Gasteiger partial charge in [-0.15, -0.1) is 0 Å². The highest BCUT2D eigenvalue weighted by molar-refractivity contribution is 6.30. The summed E-state index contributed by atoms with van der Waals surface area (Å²) in [6.45, 7) is 0. The summed E-state index contributed by atoms with van der Waals surface area (Å²) in [6.07, 6.45) is 3.75. The first-order valence-corrected chi connectivity index (χ1v) is 6.59. The summed E-state index contributed by atoms with van der Waals surface area (Å²) >= 11 is 5.99. The predicted molar refractivity (Wildman–Crippen MR) is 83.6 cm³/mol. The van der Waals surface area contributed by atoms with Gasteiger partial charge in [0.1, 0.15) is 11.4 Å². The second kappa shape index (κ2) is 5.39. The van der Waals surface area contributed by atoms with E-state index in [1.54, 1.807) is 19.2 Å². The molecule has 0 amide bonds. The van der Waals surface area contributed by atoms with E-state index < -0.39 is 0 Å². The highest BCUT2D eigenvalue weighted by atomic mass is 35.5. The number of aromatic amines is 1. The zero-order chi connectivity index (χ0) is 13.9. The number of benzene rings is 2. The van der Waals surface area contributed by atoms with Gasteiger partial charge in [-0.05, 0) is 24.3 Å². The molecule has 0 bridgehead atoms. The monoisotopic (exact) mass is 284 g/mol. The molecule has 3 nitrogen and oxygen atoms in total. The summed E-state index contributed by atoms with van der Waals surface area (Å²) in [5, 5.41) is 1.77. The molecular weight excluding hydrogens is 272 g/mol. The molecule has 2 aromatic carbocycles. The van der Waals surface area contributed by atoms with E-state index in [0.29, 0.717) is 16.5 Å². The Morgan fingerprint density at radius 2 is 2.05 bits per heavy atom. The Kier molecular flexibility index (Phi) is 3.44. The van der Waals surface area contributed by atoms with Gasteiger partial charge in [0.25, 0.3) is 0 Å². The molecule has 4 heteroatoms. The van der Waals surface area contributed by atoms with Crippen molar-refractivity contribution in [2.24, 2.45) is 4.99 Å². The highest BCUT2D eigenvalue weighted by Gasteiger charge is 2.03. The Labute approximate surface area is 121 Å². The number of hydrogen-bond acceptors (Lipinski definition) is 2. The summed E-state index contributed by atoms with van der Waals surface area (Å²) in [5.74, 6) is 0.700. The topological polar surface area (TPSA) is 37.4 Å². The SMILES string of the molecule is COc1ccc(Cl)cc1N=Cc1c[nH]c2ccccc12. The Morgan fingerprint density at radius 1 is 1.20 bits per heavy atom. The van der Waals surface area contributed by atoms with Crippen LogP contribution >= 0.6 is 11.6 Å². The molecule has 0 spiro atoms. The van der Waals surface area contributed by atoms with Gasteiger partial charge in [-0.2, -0.15) is 0 Å². The molecule has 0 aliphatic carbocycles. The molecule has 0 aliphatic heterocycles. The summed E-state index contributed by atoms with van der Waals surface area (Å²) in [6, 6.07) is 13.5. The molecule has 1 aromatic heterocycles. The minimum Gasteiger partial charge on any atom is -0.494 e. The average molecular weight is 285 g/mol. The number of fused-ring (bicyclic) bond motifs is 1. The molecule has 0 saturated heterocycles. The molecule has 0 saturated carbocycles. The van der Waals surface area contributed by atoms with Gasteiger partial charge >= 0.3 is 0 Å². The van der Waals surface area contributed by atoms with E-state index in [0.717, 1.165) is 16.5 Å². The lowest BCUT2D eigenvalue weighted by atomic mass is 10.2. The lowest BCUT2D eigenvalue weighted by Crippen LogP contribution is -1.84. The number of H-pyrrole nitrogens is 1. The van der Waals surface area contributed by atoms with Gasteiger partial charge < -0.3 is 9.72 Å². The molecule has 0 radical (unpaired) electrons. The Morgan fingerprint density at radius 3 is 2.90 bits per heavy atom. The van der Waals surface area contributed by atoms with Crippen LogP contribution in [0, 0.1) is 0 Å². The Hall–Kier alpha value is -2.26. The van der Waals surface area contributed by atoms with Crippen LogP contribution in [0.3, 0.4) is 0 Å². The van der Waals surface area contributed by atoms with E-state index >= 15 is 0 Å². The third-order valence-electron chi connectivity index (χ3n) is 3.10. The van der Waals surface area contributed by atoms with Gasteiger partial charge in [0, 0.05) is 33.9 Å². The molecule has 1 heterocycles. The maximum atomic E-state index is 5.99. The van der Waals surface area contributed by atoms with Crippen molar-refractivity contribution in [1.82, 2.24) is 4.98 Å². The largest absolute Gasteiger partial charge is 0.494 e. The smallest absolute Gasteiger partial charge is 0.144 e. The number of ether oxygens (including phenoxy) is 1. The number of aliphatic imine (C=N–C) groups is 1. The number of halogens is 1. The number of nitrogens with one attached hydrogen (secondary N) is 1. The summed E-state index contributed by atoms with van der Waals surface area (Å²) in [5.41, 5.74) is 2.83. The first-order valence-electron chi connectivity index (χ1n) is 6.21. The van der Waals surface area contributed by atoms with Crippen LogP contribution in [0.1, 0.15) is 5.56 Å². The van der Waals surface area contributed by atoms with Crippen LogP contribution in [0.15, 0.2) is 53.7 Å². The van der Waals surface area contributed by atoms with Crippen molar-refractivity contribution >= 4 is 34.4 Å². The molecule has 3 rings (SSSR count). The fourth-order valence-electron chi connectivity index (χ4n) is 2.10. The van der Waals surface area contributed by atoms with E-state index in [1.807, 2.05) is 36.7 Å². The summed E-state index contributed by atoms with van der Waals surface area (Å²) < 4.78 is 5.28. The molecule has 0 fully saturated rings. The molecule has 0 aliphatic rings. The first-order chi connectivity index (χ1) is 9.78. The van der Waals surface area contributed by atoms with E-state index in [2.05, 4.69) is 16.0 Å². The minimum atomic E-state index is 0.636. The molecule has 3 aromatic rings. The van der Waals surface area contributed by atoms with E-state index in [-0.39, 0.29) is 0 Å². The second-order valence-electron chi connectivity index (χ2n) is 4.36. The van der Waals surface area contributed by atoms with Crippen molar-refractivity contribution in [3.8, 4) is 5.75 Å². The van der Waals surface area contributed by atoms with Gasteiger partial charge in [0.15, 0.2) is 0 Å². The van der Waals surface area contributed by atoms with Gasteiger partial charge in [-0.3, -0.25) is 4.99 Å². The average Bonchev–Trinajstić information content (AvgIpc) is 2.88. The van der Waals surface area contributed by atoms with Crippen LogP contribution in [0.4, 0.5) is 5.69 Å². The van der Waals surface area contributed by atoms with Gasteiger partial charge in [0.2, 0.25) is 0 Å². The lowest BCUT2D eigenvalue weighted by molar-refractivity contribution is 0.416. The van der Waals surface area contributed by atoms with Crippen molar-refractivity contribution in [2.75, 3.05) is 7.11 Å². The number of methoxy groups -OCH3 is 1. The summed E-state index contributed by atoms with van der Waals surface area (Å²) in [4.78, 5) is 7.69. The normalized spacial score (nSPS) is 11.3. The fraction of sp³-hybridized carbons (Fsp3) is 0.0625. The van der Waals surface area contributed by atoms with Gasteiger partial charge in [-0.25, -0.2) is 0 Å². The molecule has 20 heavy (non-hydrogen) atoms. The minimum absolute atomic E-state index is 0.636. The van der Waals surface area contributed by atoms with E-state index in [9.17, 15) is 0 Å². The molecule has 100 valence electrons. The van der Waals surface area contributed by atoms with Crippen molar-refractivity contribution in [1.29, 1.82) is 0 Å². The van der Waals surface area contributed by atoms with Crippen molar-refractivity contribution < 1.29 is 4.74 Å². The number of aromatic nitrogens is 1. The lowest BCUT2D eigenvalue weighted by Gasteiger charge is -2.03. The zero-order valence-electron chi connectivity index (χ0n) is 10.9. The number of hydrogen-bond donors (Lipinski definition) is 1. The van der Waals surface area contributed by atoms with Crippen LogP contribution in [0.5, 0.6) is 5.75 Å². The molecular formula is C16H13ClN2O. The predicted octanol–water partition coefficient (Wildman–Crippen LogP) is 4.58. The number of rotatable bonds is 3. The van der Waals surface area contributed by atoms with Crippen LogP contribution < -0.4 is 4.74 Å². The highest BCUT2D eigenvalue weighted by Crippen LogP contribution is 2.30. The molecule has 0 unspecified atom stereocenters. The van der Waals surface area contributed by atoms with Gasteiger partial charge in [0.05, 0.1) is 7.11 Å². The van der Waals surface area contributed by atoms with Gasteiger partial charge in [-0.1, -0.05) is 29.8 Å². The van der Waals surface area contributed by atoms with Crippen molar-refractivity contribution in [3.63, 3.8) is 0 Å². The Balaban J connectivity index is 2.00. The third kappa shape index (κ3) is 2.40. The number of para-hydroxylation sites is 1. The summed E-state index contributed by atoms with van der Waals surface area (Å²) in [7, 11) is 1.62. The van der Waals surface area contributed by atoms with Crippen LogP contribution in [-0.2, 0) is 0 Å². The van der Waals surface area contributed by atoms with E-state index in [1.165, 1.54) is 0 Å². The van der Waals surface area contributed by atoms with Crippen LogP contribution in [-0.4, -0.2) is 18.3 Å².